The van der Waals surface area contributed by atoms with Gasteiger partial charge in [-0.15, -0.1) is 12.4 Å². The minimum atomic E-state index is 0. The van der Waals surface area contributed by atoms with Crippen LogP contribution < -0.4 is 14.8 Å². The van der Waals surface area contributed by atoms with E-state index < -0.39 is 0 Å². The van der Waals surface area contributed by atoms with Crippen molar-refractivity contribution in [3.05, 3.63) is 41.7 Å². The highest BCUT2D eigenvalue weighted by molar-refractivity contribution is 5.92. The van der Waals surface area contributed by atoms with E-state index in [-0.39, 0.29) is 24.4 Å². The fraction of sp³-hybridized carbons (Fsp3) is 0.524. The molecule has 1 N–H and O–H groups in total. The van der Waals surface area contributed by atoms with Gasteiger partial charge in [-0.3, -0.25) is 9.48 Å². The first-order chi connectivity index (χ1) is 13.8. The molecule has 1 aromatic heterocycles. The van der Waals surface area contributed by atoms with E-state index in [1.807, 2.05) is 34.0 Å². The second-order valence-corrected chi connectivity index (χ2v) is 7.74. The highest BCUT2D eigenvalue weighted by Crippen LogP contribution is 2.38. The Morgan fingerprint density at radius 1 is 1.10 bits per heavy atom. The summed E-state index contributed by atoms with van der Waals surface area (Å²) in [5, 5.41) is 8.02. The number of benzene rings is 1. The number of ether oxygens (including phenoxy) is 2. The average molecular weight is 419 g/mol. The molecule has 2 atom stereocenters. The zero-order valence-electron chi connectivity index (χ0n) is 16.4. The number of likely N-dealkylation sites (tertiary alicyclic amines) is 1. The van der Waals surface area contributed by atoms with E-state index in [9.17, 15) is 4.79 Å². The lowest BCUT2D eigenvalue weighted by atomic mass is 10.0. The second kappa shape index (κ2) is 8.63. The molecule has 2 unspecified atom stereocenters. The largest absolute Gasteiger partial charge is 0.486 e. The Bertz CT molecular complexity index is 865. The molecule has 0 spiro atoms. The Hall–Kier alpha value is -2.25. The zero-order valence-corrected chi connectivity index (χ0v) is 17.2. The summed E-state index contributed by atoms with van der Waals surface area (Å²) in [5.74, 6) is 1.57. The first kappa shape index (κ1) is 20.0. The van der Waals surface area contributed by atoms with Crippen molar-refractivity contribution in [1.82, 2.24) is 20.0 Å². The molecule has 5 rings (SSSR count). The third-order valence-electron chi connectivity index (χ3n) is 5.94. The third kappa shape index (κ3) is 3.94. The van der Waals surface area contributed by atoms with Crippen molar-refractivity contribution in [2.24, 2.45) is 0 Å². The molecule has 1 aromatic carbocycles. The Kier molecular flexibility index (Phi) is 5.96. The van der Waals surface area contributed by atoms with Crippen molar-refractivity contribution in [2.75, 3.05) is 32.8 Å². The monoisotopic (exact) mass is 418 g/mol. The maximum atomic E-state index is 13.2. The summed E-state index contributed by atoms with van der Waals surface area (Å²) in [6.07, 6.45) is 6.15. The highest BCUT2D eigenvalue weighted by Gasteiger charge is 2.32. The summed E-state index contributed by atoms with van der Waals surface area (Å²) in [7, 11) is 0. The normalized spacial score (nSPS) is 23.5. The summed E-state index contributed by atoms with van der Waals surface area (Å²) in [6, 6.07) is 8.28. The van der Waals surface area contributed by atoms with Gasteiger partial charge in [0.25, 0.3) is 5.91 Å². The fourth-order valence-corrected chi connectivity index (χ4v) is 4.49. The van der Waals surface area contributed by atoms with Crippen LogP contribution >= 0.6 is 12.4 Å². The molecule has 0 aliphatic carbocycles. The van der Waals surface area contributed by atoms with Crippen molar-refractivity contribution in [3.8, 4) is 11.5 Å². The van der Waals surface area contributed by atoms with E-state index in [2.05, 4.69) is 16.5 Å². The lowest BCUT2D eigenvalue weighted by Gasteiger charge is -2.26. The van der Waals surface area contributed by atoms with Crippen LogP contribution in [0.2, 0.25) is 0 Å². The van der Waals surface area contributed by atoms with Gasteiger partial charge in [0.05, 0.1) is 12.1 Å². The van der Waals surface area contributed by atoms with Crippen LogP contribution in [-0.2, 0) is 0 Å². The minimum absolute atomic E-state index is 0. The minimum Gasteiger partial charge on any atom is -0.486 e. The van der Waals surface area contributed by atoms with E-state index in [0.29, 0.717) is 24.9 Å². The smallest absolute Gasteiger partial charge is 0.274 e. The number of nitrogens with zero attached hydrogens (tertiary/aromatic N) is 3. The molecule has 0 radical (unpaired) electrons. The molecule has 3 aliphatic rings. The van der Waals surface area contributed by atoms with Crippen LogP contribution in [-0.4, -0.2) is 53.4 Å². The van der Waals surface area contributed by atoms with Gasteiger partial charge in [0, 0.05) is 19.3 Å². The lowest BCUT2D eigenvalue weighted by molar-refractivity contribution is 0.0727. The molecule has 0 bridgehead atoms. The van der Waals surface area contributed by atoms with Gasteiger partial charge < -0.3 is 19.7 Å². The number of carbonyl (C=O) groups is 1. The molecular formula is C21H27ClN4O3. The molecule has 2 fully saturated rings. The number of fused-ring (bicyclic) bond motifs is 1. The number of carbonyl (C=O) groups excluding carboxylic acids is 1. The van der Waals surface area contributed by atoms with Crippen molar-refractivity contribution in [1.29, 1.82) is 0 Å². The van der Waals surface area contributed by atoms with Crippen LogP contribution in [0.5, 0.6) is 11.5 Å². The molecule has 8 heteroatoms. The summed E-state index contributed by atoms with van der Waals surface area (Å²) < 4.78 is 13.3. The van der Waals surface area contributed by atoms with Gasteiger partial charge >= 0.3 is 0 Å². The Balaban J connectivity index is 0.00000205. The maximum Gasteiger partial charge on any atom is 0.274 e. The van der Waals surface area contributed by atoms with Gasteiger partial charge in [-0.05, 0) is 56.0 Å². The van der Waals surface area contributed by atoms with Crippen LogP contribution in [0.4, 0.5) is 0 Å². The van der Waals surface area contributed by atoms with Crippen molar-refractivity contribution < 1.29 is 14.3 Å². The van der Waals surface area contributed by atoms with Gasteiger partial charge in [-0.25, -0.2) is 0 Å². The number of hydrogen-bond donors (Lipinski definition) is 1. The number of aromatic nitrogens is 2. The first-order valence-corrected chi connectivity index (χ1v) is 10.3. The standard InChI is InChI=1S/C21H26N4O3.ClH/c26-21(17-7-10-25(23-17)16-3-1-8-22-14-16)24-9-2-4-18(24)15-5-6-19-20(13-15)28-12-11-27-19;/h5-7,10,13,16,18,22H,1-4,8-9,11-12,14H2;1H. The predicted molar refractivity (Wildman–Crippen MR) is 111 cm³/mol. The Labute approximate surface area is 176 Å². The number of halogens is 1. The van der Waals surface area contributed by atoms with Crippen molar-refractivity contribution >= 4 is 18.3 Å². The van der Waals surface area contributed by atoms with Crippen LogP contribution in [0.3, 0.4) is 0 Å². The quantitative estimate of drug-likeness (QED) is 0.829. The molecule has 3 aliphatic heterocycles. The highest BCUT2D eigenvalue weighted by atomic mass is 35.5. The van der Waals surface area contributed by atoms with E-state index in [1.54, 1.807) is 0 Å². The van der Waals surface area contributed by atoms with Gasteiger partial charge in [-0.1, -0.05) is 6.07 Å². The predicted octanol–water partition coefficient (Wildman–Crippen LogP) is 2.98. The third-order valence-corrected chi connectivity index (χ3v) is 5.94. The average Bonchev–Trinajstić information content (AvgIpc) is 3.44. The van der Waals surface area contributed by atoms with Gasteiger partial charge in [0.1, 0.15) is 18.9 Å². The molecule has 2 saturated heterocycles. The summed E-state index contributed by atoms with van der Waals surface area (Å²) >= 11 is 0. The van der Waals surface area contributed by atoms with Crippen molar-refractivity contribution in [3.63, 3.8) is 0 Å². The Morgan fingerprint density at radius 2 is 1.97 bits per heavy atom. The number of nitrogens with one attached hydrogen (secondary N) is 1. The molecule has 0 saturated carbocycles. The van der Waals surface area contributed by atoms with E-state index in [0.717, 1.165) is 62.4 Å². The van der Waals surface area contributed by atoms with Crippen molar-refractivity contribution in [2.45, 2.75) is 37.8 Å². The zero-order chi connectivity index (χ0) is 18.9. The van der Waals surface area contributed by atoms with E-state index >= 15 is 0 Å². The van der Waals surface area contributed by atoms with Gasteiger partial charge in [-0.2, -0.15) is 5.10 Å². The Morgan fingerprint density at radius 3 is 2.79 bits per heavy atom. The number of rotatable bonds is 3. The summed E-state index contributed by atoms with van der Waals surface area (Å²) in [4.78, 5) is 15.1. The number of amides is 1. The molecular weight excluding hydrogens is 392 g/mol. The van der Waals surface area contributed by atoms with Crippen LogP contribution in [0.25, 0.3) is 0 Å². The SMILES string of the molecule is Cl.O=C(c1ccn(C2CCCNC2)n1)N1CCCC1c1ccc2c(c1)OCCO2. The van der Waals surface area contributed by atoms with Crippen LogP contribution in [0, 0.1) is 0 Å². The fourth-order valence-electron chi connectivity index (χ4n) is 4.49. The first-order valence-electron chi connectivity index (χ1n) is 10.3. The van der Waals surface area contributed by atoms with Crippen LogP contribution in [0.15, 0.2) is 30.5 Å². The molecule has 4 heterocycles. The molecule has 29 heavy (non-hydrogen) atoms. The number of piperidine rings is 1. The van der Waals surface area contributed by atoms with Crippen LogP contribution in [0.1, 0.15) is 53.8 Å². The van der Waals surface area contributed by atoms with Gasteiger partial charge in [0.15, 0.2) is 11.5 Å². The summed E-state index contributed by atoms with van der Waals surface area (Å²) in [5.41, 5.74) is 1.64. The van der Waals surface area contributed by atoms with E-state index in [4.69, 9.17) is 9.47 Å². The summed E-state index contributed by atoms with van der Waals surface area (Å²) in [6.45, 7) is 3.89. The van der Waals surface area contributed by atoms with E-state index in [1.165, 1.54) is 0 Å². The molecule has 1 amide bonds. The molecule has 2 aromatic rings. The second-order valence-electron chi connectivity index (χ2n) is 7.74. The topological polar surface area (TPSA) is 68.6 Å². The molecule has 156 valence electrons. The molecule has 7 nitrogen and oxygen atoms in total. The number of hydrogen-bond acceptors (Lipinski definition) is 5. The van der Waals surface area contributed by atoms with Gasteiger partial charge in [0.2, 0.25) is 0 Å². The maximum absolute atomic E-state index is 13.2. The lowest BCUT2D eigenvalue weighted by Crippen LogP contribution is -2.33.